The first-order valence-electron chi connectivity index (χ1n) is 6.00. The van der Waals surface area contributed by atoms with E-state index in [1.165, 1.54) is 0 Å². The van der Waals surface area contributed by atoms with Crippen LogP contribution in [0.1, 0.15) is 49.4 Å². The van der Waals surface area contributed by atoms with Gasteiger partial charge in [0.05, 0.1) is 17.4 Å². The van der Waals surface area contributed by atoms with Gasteiger partial charge in [-0.2, -0.15) is 0 Å². The topological polar surface area (TPSA) is 672 Å². The van der Waals surface area contributed by atoms with Crippen molar-refractivity contribution in [3.05, 3.63) is 0 Å². The van der Waals surface area contributed by atoms with E-state index in [-0.39, 0.29) is 362 Å². The molecule has 0 aromatic rings. The molecule has 0 rings (SSSR count). The molecular formula is C3H82Al14F30O26Zr6+24. The van der Waals surface area contributed by atoms with E-state index in [2.05, 4.69) is 7.88 Å². The zero-order valence-electron chi connectivity index (χ0n) is 50.9. The van der Waals surface area contributed by atoms with E-state index in [0.717, 1.165) is 0 Å². The fourth-order valence-corrected chi connectivity index (χ4v) is 0. The van der Waals surface area contributed by atoms with Crippen molar-refractivity contribution in [3.63, 3.8) is 0 Å². The van der Waals surface area contributed by atoms with Crippen LogP contribution in [-0.4, -0.2) is 341 Å². The zero-order chi connectivity index (χ0) is 34.9. The fourth-order valence-electron chi connectivity index (χ4n) is 0. The summed E-state index contributed by atoms with van der Waals surface area (Å²) in [6, 6.07) is 0. The first-order valence-corrected chi connectivity index (χ1v) is 27.5. The molecule has 0 aliphatic carbocycles. The van der Waals surface area contributed by atoms with Gasteiger partial charge in [-0.1, -0.05) is 22.3 Å². The Bertz CT molecular complexity index is 522. The normalized spacial score (nSPS) is 3.77. The van der Waals surface area contributed by atoms with E-state index in [1.807, 2.05) is 0 Å². The molecule has 0 aliphatic heterocycles. The van der Waals surface area contributed by atoms with Gasteiger partial charge < -0.3 is 133 Å². The molecule has 0 spiro atoms. The minimum absolute atomic E-state index is 0. The van der Waals surface area contributed by atoms with E-state index < -0.39 is 178 Å². The third-order valence-electron chi connectivity index (χ3n) is 0.0861. The van der Waals surface area contributed by atoms with Crippen molar-refractivity contribution in [1.82, 2.24) is 0 Å². The first kappa shape index (κ1) is 464. The molecule has 36 N–H and O–H groups in total. The molecule has 0 amide bonds. The van der Waals surface area contributed by atoms with Crippen molar-refractivity contribution in [1.29, 1.82) is 0 Å². The van der Waals surface area contributed by atoms with Gasteiger partial charge in [0.2, 0.25) is 0 Å². The summed E-state index contributed by atoms with van der Waals surface area (Å²) in [7, 11) is 0. The molecule has 0 saturated carbocycles. The van der Waals surface area contributed by atoms with E-state index in [0.29, 0.717) is 24.7 Å². The molecule has 0 fully saturated rings. The van der Waals surface area contributed by atoms with Crippen LogP contribution in [0.25, 0.3) is 0 Å². The van der Waals surface area contributed by atoms with Crippen molar-refractivity contribution in [3.8, 4) is 0 Å². The first-order chi connectivity index (χ1) is 17.1. The Labute approximate surface area is 648 Å². The fraction of sp³-hybridized carbons (Fsp3) is 1.00. The molecule has 76 heteroatoms. The molecule has 79 heavy (non-hydrogen) atoms. The van der Waals surface area contributed by atoms with E-state index >= 15 is 0 Å². The molecule has 0 unspecified atom stereocenters. The SMILES string of the molecule is C.C.C.F.F.F.F.F.O.O.O.O.O.O.O.O.O.O.O.O.O.O.O.O.[Al+3].[Al+3].[Al+3].[Al+3].[Al+3].[AlH2].[AlH2].[AlH].[Al].[Al].[F-].[F-].[F-].[F-].[F-].[F-].[F][AlH][F].[F][Al]([F])[F].[F][Zr]([F])([F])[F].[F][Zr]([F])([F])[F].[F][Zr]([F])([F])[F].[F][Zr][F].[H+].[H+].[H+].[H+].[H+].[H+].[H+].[H+].[H+].[H+].[H+].[H+].[H+].[H+].[H+].[HH].[HH].[HH].[HH].[O]=[Al][O]O.[O]=[Al][O]O.[O]=[Zr].[O]=[Zr]([OH])[OH]. The quantitative estimate of drug-likeness (QED) is 0.0876. The Hall–Kier alpha value is 8.65. The van der Waals surface area contributed by atoms with Crippen LogP contribution < -0.4 is 28.2 Å². The maximum absolute atomic E-state index is 9.90. The third-order valence-corrected chi connectivity index (χ3v) is 0.258. The summed E-state index contributed by atoms with van der Waals surface area (Å²) in [5, 5.41) is 14.2. The molecule has 0 heterocycles. The summed E-state index contributed by atoms with van der Waals surface area (Å²) in [5.41, 5.74) is 0. The van der Waals surface area contributed by atoms with E-state index in [1.54, 1.807) is 0 Å². The molecule has 502 valence electrons. The summed E-state index contributed by atoms with van der Waals surface area (Å²) in [4.78, 5) is 0. The number of hydrogen-bond donors (Lipinski definition) is 4. The molecule has 0 aromatic carbocycles. The van der Waals surface area contributed by atoms with Gasteiger partial charge in [-0.3, -0.25) is 23.5 Å². The van der Waals surface area contributed by atoms with Crippen LogP contribution in [0.3, 0.4) is 0 Å². The molecule has 0 saturated heterocycles. The van der Waals surface area contributed by atoms with Crippen LogP contribution in [0.15, 0.2) is 0 Å². The van der Waals surface area contributed by atoms with Crippen molar-refractivity contribution in [2.24, 2.45) is 0 Å². The van der Waals surface area contributed by atoms with Crippen LogP contribution in [0.2, 0.25) is 0 Å². The second-order valence-electron chi connectivity index (χ2n) is 2.39. The van der Waals surface area contributed by atoms with Crippen LogP contribution in [0.4, 0.5) is 77.9 Å². The average molecular weight is 2030 g/mol. The van der Waals surface area contributed by atoms with Gasteiger partial charge >= 0.3 is 386 Å². The van der Waals surface area contributed by atoms with Gasteiger partial charge in [0.15, 0.2) is 0 Å². The van der Waals surface area contributed by atoms with Gasteiger partial charge in [0.1, 0.15) is 34.7 Å². The zero-order valence-corrected chi connectivity index (χ0v) is 69.0. The maximum atomic E-state index is 9.90. The second-order valence-corrected chi connectivity index (χ2v) is 12.0. The van der Waals surface area contributed by atoms with Gasteiger partial charge in [-0.15, -0.1) is 0 Å². The standard InChI is InChI=1S/3CH4.14Al.30FH.2H2O2.18H2O.4O.6Zr.4H2.6H/c;;;;;;;;;;;;;;;;;;;;;;;;;;;;;;;;;;;;;;;;;;;;;;;2*1-2;;;;;;;;;;;;;;;;;;;;;;;;;;;;;;;;;;;;;;/h3*1H4;;;;;;;;;;;;;;;30*1H;2*1-2H;18*1H2;;;;;;;;;;;4*1H;;;;;;/q;;;;;;;;2*+1;+2;6*+3;;;;;;;;;;;;;;;;;;;;;;;;;;;;;;;;;;;;;;;;;;;;;;;;;;;;;;;;2*+2;3*+4;;;;;;;;;;/p-14. The van der Waals surface area contributed by atoms with Crippen molar-refractivity contribution < 1.29 is 399 Å². The molecule has 0 aromatic heterocycles. The van der Waals surface area contributed by atoms with E-state index in [4.69, 9.17) is 30.1 Å². The van der Waals surface area contributed by atoms with Crippen LogP contribution >= 0.6 is 0 Å². The average Bonchev–Trinajstić information content (AvgIpc) is 2.66. The third kappa shape index (κ3) is 5470. The second kappa shape index (κ2) is 426. The molecule has 0 aliphatic rings. The summed E-state index contributed by atoms with van der Waals surface area (Å²) < 4.78 is 243. The number of rotatable bonds is 2. The molecule has 0 atom stereocenters. The van der Waals surface area contributed by atoms with Crippen LogP contribution in [-0.2, 0) is 161 Å². The summed E-state index contributed by atoms with van der Waals surface area (Å²) in [6.45, 7) is 0. The van der Waals surface area contributed by atoms with Gasteiger partial charge in [-0.25, -0.2) is 0 Å². The van der Waals surface area contributed by atoms with Crippen molar-refractivity contribution in [2.45, 2.75) is 22.3 Å². The van der Waals surface area contributed by atoms with Crippen LogP contribution in [0, 0.1) is 0 Å². The Balaban J connectivity index is -0.00000000134. The Kier molecular flexibility index (Phi) is 2500. The van der Waals surface area contributed by atoms with Gasteiger partial charge in [0.25, 0.3) is 0 Å². The Morgan fingerprint density at radius 2 is 0.481 bits per heavy atom. The Morgan fingerprint density at radius 3 is 0.481 bits per heavy atom. The Morgan fingerprint density at radius 1 is 0.468 bits per heavy atom. The number of hydrogen-bond acceptors (Lipinski definition) is 8. The van der Waals surface area contributed by atoms with E-state index in [9.17, 15) is 54.4 Å². The molecule has 26 nitrogen and oxygen atoms in total. The number of halogens is 30. The van der Waals surface area contributed by atoms with Crippen molar-refractivity contribution in [2.75, 3.05) is 0 Å². The van der Waals surface area contributed by atoms with Gasteiger partial charge in [0, 0.05) is 40.4 Å². The molecule has 10 radical (unpaired) electrons. The van der Waals surface area contributed by atoms with Crippen molar-refractivity contribution >= 4 is 236 Å². The monoisotopic (exact) mass is 2020 g/mol. The van der Waals surface area contributed by atoms with Gasteiger partial charge in [-0.05, 0) is 0 Å². The molecular weight excluding hydrogens is 1950 g/mol. The summed E-state index contributed by atoms with van der Waals surface area (Å²) >= 11 is -37.8. The predicted molar refractivity (Wildman–Crippen MR) is 240 cm³/mol. The summed E-state index contributed by atoms with van der Waals surface area (Å²) in [6.07, 6.45) is 0. The minimum atomic E-state index is -7.18. The molecule has 0 bridgehead atoms. The predicted octanol–water partition coefficient (Wildman–Crippen LogP) is -26.5. The summed E-state index contributed by atoms with van der Waals surface area (Å²) in [5.74, 6) is 0. The van der Waals surface area contributed by atoms with Crippen LogP contribution in [0.5, 0.6) is 0 Å².